The van der Waals surface area contributed by atoms with Crippen molar-refractivity contribution in [2.45, 2.75) is 39.0 Å². The third-order valence-electron chi connectivity index (χ3n) is 4.79. The molecule has 2 heteroatoms. The topological polar surface area (TPSA) is 20.3 Å². The molecule has 0 bridgehead atoms. The van der Waals surface area contributed by atoms with Gasteiger partial charge in [0, 0.05) is 13.1 Å². The predicted molar refractivity (Wildman–Crippen MR) is 72.5 cm³/mol. The molecule has 18 heavy (non-hydrogen) atoms. The Labute approximate surface area is 109 Å². The third-order valence-corrected chi connectivity index (χ3v) is 4.79. The van der Waals surface area contributed by atoms with E-state index in [9.17, 15) is 4.79 Å². The number of carbonyl (C=O) groups is 1. The van der Waals surface area contributed by atoms with Gasteiger partial charge in [0.25, 0.3) is 0 Å². The largest absolute Gasteiger partial charge is 0.342 e. The number of aryl methyl sites for hydroxylation is 1. The maximum Gasteiger partial charge on any atom is 0.233 e. The van der Waals surface area contributed by atoms with Crippen LogP contribution in [-0.2, 0) is 10.2 Å². The van der Waals surface area contributed by atoms with Crippen molar-refractivity contribution in [2.24, 2.45) is 5.41 Å². The molecule has 2 aliphatic rings. The minimum atomic E-state index is -0.249. The summed E-state index contributed by atoms with van der Waals surface area (Å²) in [5.41, 5.74) is 2.31. The highest BCUT2D eigenvalue weighted by molar-refractivity contribution is 5.93. The zero-order valence-electron chi connectivity index (χ0n) is 11.5. The SMILES string of the molecule is Cc1ccc([C@@]2(C(=O)N3CCC3)CC2(C)C)cc1. The van der Waals surface area contributed by atoms with Crippen LogP contribution in [0.1, 0.15) is 37.8 Å². The zero-order chi connectivity index (χ0) is 13.0. The Balaban J connectivity index is 1.98. The first-order valence-electron chi connectivity index (χ1n) is 6.84. The molecule has 0 unspecified atom stereocenters. The van der Waals surface area contributed by atoms with Crippen molar-refractivity contribution in [3.63, 3.8) is 0 Å². The number of rotatable bonds is 2. The monoisotopic (exact) mass is 243 g/mol. The first-order valence-corrected chi connectivity index (χ1v) is 6.84. The lowest BCUT2D eigenvalue weighted by atomic mass is 9.85. The fourth-order valence-corrected chi connectivity index (χ4v) is 3.23. The van der Waals surface area contributed by atoms with E-state index >= 15 is 0 Å². The van der Waals surface area contributed by atoms with Crippen LogP contribution in [0.2, 0.25) is 0 Å². The number of hydrogen-bond donors (Lipinski definition) is 0. The number of likely N-dealkylation sites (tertiary alicyclic amines) is 1. The molecule has 1 heterocycles. The zero-order valence-corrected chi connectivity index (χ0v) is 11.5. The van der Waals surface area contributed by atoms with Gasteiger partial charge in [-0.2, -0.15) is 0 Å². The summed E-state index contributed by atoms with van der Waals surface area (Å²) in [6.45, 7) is 8.41. The molecule has 0 radical (unpaired) electrons. The Bertz CT molecular complexity index is 484. The summed E-state index contributed by atoms with van der Waals surface area (Å²) in [6, 6.07) is 8.52. The molecule has 1 aliphatic heterocycles. The molecule has 1 saturated heterocycles. The fourth-order valence-electron chi connectivity index (χ4n) is 3.23. The summed E-state index contributed by atoms with van der Waals surface area (Å²) in [7, 11) is 0. The van der Waals surface area contributed by atoms with Gasteiger partial charge in [0.2, 0.25) is 5.91 Å². The first kappa shape index (κ1) is 11.8. The van der Waals surface area contributed by atoms with Gasteiger partial charge < -0.3 is 4.90 Å². The molecule has 1 amide bonds. The van der Waals surface area contributed by atoms with Gasteiger partial charge in [-0.25, -0.2) is 0 Å². The van der Waals surface area contributed by atoms with Crippen molar-refractivity contribution < 1.29 is 4.79 Å². The molecule has 1 aromatic rings. The average molecular weight is 243 g/mol. The first-order chi connectivity index (χ1) is 8.47. The van der Waals surface area contributed by atoms with Crippen molar-refractivity contribution in [3.05, 3.63) is 35.4 Å². The van der Waals surface area contributed by atoms with E-state index in [1.54, 1.807) is 0 Å². The Kier molecular flexibility index (Phi) is 2.35. The summed E-state index contributed by atoms with van der Waals surface area (Å²) < 4.78 is 0. The summed E-state index contributed by atoms with van der Waals surface area (Å²) in [5, 5.41) is 0. The van der Waals surface area contributed by atoms with Crippen LogP contribution in [0.4, 0.5) is 0 Å². The van der Waals surface area contributed by atoms with E-state index in [1.807, 2.05) is 4.90 Å². The van der Waals surface area contributed by atoms with Gasteiger partial charge in [-0.3, -0.25) is 4.79 Å². The Morgan fingerprint density at radius 1 is 1.17 bits per heavy atom. The molecule has 96 valence electrons. The molecule has 0 spiro atoms. The molecule has 2 nitrogen and oxygen atoms in total. The van der Waals surface area contributed by atoms with E-state index in [-0.39, 0.29) is 10.8 Å². The van der Waals surface area contributed by atoms with Crippen LogP contribution >= 0.6 is 0 Å². The summed E-state index contributed by atoms with van der Waals surface area (Å²) in [6.07, 6.45) is 2.15. The normalized spacial score (nSPS) is 28.7. The maximum atomic E-state index is 12.7. The Morgan fingerprint density at radius 2 is 1.72 bits per heavy atom. The highest BCUT2D eigenvalue weighted by Gasteiger charge is 2.68. The summed E-state index contributed by atoms with van der Waals surface area (Å²) in [5.74, 6) is 0.350. The van der Waals surface area contributed by atoms with Crippen molar-refractivity contribution in [3.8, 4) is 0 Å². The lowest BCUT2D eigenvalue weighted by Gasteiger charge is -2.36. The van der Waals surface area contributed by atoms with Crippen LogP contribution in [-0.4, -0.2) is 23.9 Å². The van der Waals surface area contributed by atoms with Gasteiger partial charge in [-0.15, -0.1) is 0 Å². The van der Waals surface area contributed by atoms with Gasteiger partial charge in [0.05, 0.1) is 5.41 Å². The molecule has 1 aliphatic carbocycles. The van der Waals surface area contributed by atoms with Crippen LogP contribution in [0.15, 0.2) is 24.3 Å². The highest BCUT2D eigenvalue weighted by Crippen LogP contribution is 2.65. The second kappa shape index (κ2) is 3.59. The number of carbonyl (C=O) groups excluding carboxylic acids is 1. The molecule has 0 N–H and O–H groups in total. The Morgan fingerprint density at radius 3 is 2.11 bits per heavy atom. The van der Waals surface area contributed by atoms with Gasteiger partial charge in [0.15, 0.2) is 0 Å². The van der Waals surface area contributed by atoms with Crippen LogP contribution in [0, 0.1) is 12.3 Å². The standard InChI is InChI=1S/C16H21NO/c1-12-5-7-13(8-6-12)16(11-15(16,2)3)14(18)17-9-4-10-17/h5-8H,4,9-11H2,1-3H3/t16-/m1/s1. The minimum absolute atomic E-state index is 0.106. The molecule has 0 aromatic heterocycles. The molecule has 3 rings (SSSR count). The molecular weight excluding hydrogens is 222 g/mol. The van der Waals surface area contributed by atoms with Crippen molar-refractivity contribution in [1.82, 2.24) is 4.90 Å². The minimum Gasteiger partial charge on any atom is -0.342 e. The van der Waals surface area contributed by atoms with Crippen molar-refractivity contribution in [2.75, 3.05) is 13.1 Å². The smallest absolute Gasteiger partial charge is 0.233 e. The summed E-state index contributed by atoms with van der Waals surface area (Å²) in [4.78, 5) is 14.8. The van der Waals surface area contributed by atoms with E-state index in [0.29, 0.717) is 5.91 Å². The highest BCUT2D eigenvalue weighted by atomic mass is 16.2. The van der Waals surface area contributed by atoms with E-state index in [4.69, 9.17) is 0 Å². The lowest BCUT2D eigenvalue weighted by molar-refractivity contribution is -0.138. The molecule has 2 fully saturated rings. The number of hydrogen-bond acceptors (Lipinski definition) is 1. The van der Waals surface area contributed by atoms with E-state index in [2.05, 4.69) is 45.0 Å². The van der Waals surface area contributed by atoms with Crippen LogP contribution < -0.4 is 0 Å². The van der Waals surface area contributed by atoms with Gasteiger partial charge in [-0.05, 0) is 30.7 Å². The number of benzene rings is 1. The van der Waals surface area contributed by atoms with Gasteiger partial charge in [0.1, 0.15) is 0 Å². The lowest BCUT2D eigenvalue weighted by Crippen LogP contribution is -2.48. The summed E-state index contributed by atoms with van der Waals surface area (Å²) >= 11 is 0. The molecular formula is C16H21NO. The van der Waals surface area contributed by atoms with E-state index in [0.717, 1.165) is 25.9 Å². The average Bonchev–Trinajstić information content (AvgIpc) is 2.81. The predicted octanol–water partition coefficient (Wildman–Crippen LogP) is 2.90. The quantitative estimate of drug-likeness (QED) is 0.782. The van der Waals surface area contributed by atoms with Gasteiger partial charge >= 0.3 is 0 Å². The number of nitrogens with zero attached hydrogens (tertiary/aromatic N) is 1. The van der Waals surface area contributed by atoms with E-state index < -0.39 is 0 Å². The van der Waals surface area contributed by atoms with Crippen LogP contribution in [0.3, 0.4) is 0 Å². The molecule has 1 aromatic carbocycles. The maximum absolute atomic E-state index is 12.7. The third kappa shape index (κ3) is 1.44. The van der Waals surface area contributed by atoms with Gasteiger partial charge in [-0.1, -0.05) is 43.7 Å². The fraction of sp³-hybridized carbons (Fsp3) is 0.562. The van der Waals surface area contributed by atoms with Crippen molar-refractivity contribution >= 4 is 5.91 Å². The van der Waals surface area contributed by atoms with Crippen LogP contribution in [0.5, 0.6) is 0 Å². The number of amides is 1. The van der Waals surface area contributed by atoms with Crippen molar-refractivity contribution in [1.29, 1.82) is 0 Å². The second-order valence-electron chi connectivity index (χ2n) is 6.48. The second-order valence-corrected chi connectivity index (χ2v) is 6.48. The van der Waals surface area contributed by atoms with Crippen LogP contribution in [0.25, 0.3) is 0 Å². The molecule has 1 atom stereocenters. The van der Waals surface area contributed by atoms with E-state index in [1.165, 1.54) is 11.1 Å². The Hall–Kier alpha value is -1.31. The molecule has 1 saturated carbocycles.